The number of fused-ring (bicyclic) bond motifs is 2. The largest absolute Gasteiger partial charge is 0.331 e. The predicted molar refractivity (Wildman–Crippen MR) is 137 cm³/mol. The van der Waals surface area contributed by atoms with Crippen LogP contribution >= 0.6 is 0 Å². The van der Waals surface area contributed by atoms with Crippen LogP contribution in [0.3, 0.4) is 0 Å². The van der Waals surface area contributed by atoms with Gasteiger partial charge in [0.1, 0.15) is 0 Å². The zero-order valence-corrected chi connectivity index (χ0v) is 20.9. The summed E-state index contributed by atoms with van der Waals surface area (Å²) in [7, 11) is 5.05. The standard InChI is InChI=1S/C29H41NO3/c1-5-6-7-8-9-10-18-25(29(31-2,32-3)33-4)19-13-16-23-17-14-21-28-26(23)22-24-15-11-12-20-27(24)30-28/h11-12,14-15,17,20-22,25H,5-10,13,16,18-19H2,1-4H3. The molecular formula is C29H41NO3. The molecule has 0 fully saturated rings. The summed E-state index contributed by atoms with van der Waals surface area (Å²) < 4.78 is 17.3. The molecule has 0 aliphatic rings. The minimum absolute atomic E-state index is 0.192. The second kappa shape index (κ2) is 13.0. The first-order valence-electron chi connectivity index (χ1n) is 12.6. The quantitative estimate of drug-likeness (QED) is 0.135. The Kier molecular flexibility index (Phi) is 10.1. The Morgan fingerprint density at radius 3 is 2.18 bits per heavy atom. The number of aryl methyl sites for hydroxylation is 1. The van der Waals surface area contributed by atoms with E-state index in [-0.39, 0.29) is 5.92 Å². The fourth-order valence-corrected chi connectivity index (χ4v) is 5.04. The van der Waals surface area contributed by atoms with Crippen LogP contribution in [0.1, 0.15) is 70.3 Å². The normalized spacial score (nSPS) is 13.1. The molecule has 180 valence electrons. The van der Waals surface area contributed by atoms with Crippen LogP contribution in [-0.4, -0.2) is 32.3 Å². The van der Waals surface area contributed by atoms with E-state index in [1.165, 1.54) is 54.9 Å². The molecule has 0 saturated carbocycles. The van der Waals surface area contributed by atoms with Gasteiger partial charge in [0.05, 0.1) is 11.0 Å². The minimum atomic E-state index is -0.972. The fraction of sp³-hybridized carbons (Fsp3) is 0.552. The second-order valence-corrected chi connectivity index (χ2v) is 9.03. The molecule has 1 atom stereocenters. The van der Waals surface area contributed by atoms with Crippen LogP contribution < -0.4 is 0 Å². The topological polar surface area (TPSA) is 40.6 Å². The second-order valence-electron chi connectivity index (χ2n) is 9.03. The summed E-state index contributed by atoms with van der Waals surface area (Å²) in [4.78, 5) is 4.87. The third-order valence-corrected chi connectivity index (χ3v) is 6.91. The number of unbranched alkanes of at least 4 members (excludes halogenated alkanes) is 5. The summed E-state index contributed by atoms with van der Waals surface area (Å²) in [5.41, 5.74) is 3.46. The van der Waals surface area contributed by atoms with Crippen molar-refractivity contribution >= 4 is 21.8 Å². The number of pyridine rings is 1. The third-order valence-electron chi connectivity index (χ3n) is 6.91. The van der Waals surface area contributed by atoms with Crippen molar-refractivity contribution in [3.8, 4) is 0 Å². The first-order chi connectivity index (χ1) is 16.2. The van der Waals surface area contributed by atoms with Gasteiger partial charge in [-0.3, -0.25) is 0 Å². The number of para-hydroxylation sites is 1. The molecule has 0 N–H and O–H groups in total. The molecule has 0 saturated heterocycles. The van der Waals surface area contributed by atoms with E-state index in [4.69, 9.17) is 19.2 Å². The van der Waals surface area contributed by atoms with Gasteiger partial charge < -0.3 is 14.2 Å². The van der Waals surface area contributed by atoms with Gasteiger partial charge in [-0.2, -0.15) is 0 Å². The van der Waals surface area contributed by atoms with E-state index in [1.54, 1.807) is 21.3 Å². The van der Waals surface area contributed by atoms with Gasteiger partial charge in [-0.05, 0) is 49.4 Å². The van der Waals surface area contributed by atoms with Crippen LogP contribution in [0.5, 0.6) is 0 Å². The zero-order valence-electron chi connectivity index (χ0n) is 20.9. The number of hydrogen-bond acceptors (Lipinski definition) is 4. The first kappa shape index (κ1) is 25.6. The maximum Gasteiger partial charge on any atom is 0.285 e. The van der Waals surface area contributed by atoms with E-state index in [0.29, 0.717) is 0 Å². The number of methoxy groups -OCH3 is 3. The summed E-state index contributed by atoms with van der Waals surface area (Å²) in [5.74, 6) is -0.780. The Hall–Kier alpha value is -2.01. The lowest BCUT2D eigenvalue weighted by molar-refractivity contribution is -0.380. The highest BCUT2D eigenvalue weighted by Crippen LogP contribution is 2.33. The van der Waals surface area contributed by atoms with Crippen LogP contribution in [0.15, 0.2) is 48.5 Å². The molecule has 4 heteroatoms. The Balaban J connectivity index is 1.68. The van der Waals surface area contributed by atoms with Crippen LogP contribution in [0.2, 0.25) is 0 Å². The Morgan fingerprint density at radius 2 is 1.42 bits per heavy atom. The smallest absolute Gasteiger partial charge is 0.285 e. The van der Waals surface area contributed by atoms with Crippen molar-refractivity contribution in [3.05, 3.63) is 54.1 Å². The summed E-state index contributed by atoms with van der Waals surface area (Å²) in [5, 5.41) is 2.44. The molecule has 2 aromatic carbocycles. The van der Waals surface area contributed by atoms with E-state index in [9.17, 15) is 0 Å². The van der Waals surface area contributed by atoms with Crippen molar-refractivity contribution in [1.29, 1.82) is 0 Å². The van der Waals surface area contributed by atoms with Gasteiger partial charge in [0.15, 0.2) is 0 Å². The highest BCUT2D eigenvalue weighted by molar-refractivity contribution is 5.94. The lowest BCUT2D eigenvalue weighted by Gasteiger charge is -2.36. The van der Waals surface area contributed by atoms with Crippen molar-refractivity contribution in [1.82, 2.24) is 4.98 Å². The van der Waals surface area contributed by atoms with Crippen molar-refractivity contribution < 1.29 is 14.2 Å². The highest BCUT2D eigenvalue weighted by atomic mass is 16.9. The Labute approximate surface area is 199 Å². The maximum atomic E-state index is 5.76. The van der Waals surface area contributed by atoms with Crippen LogP contribution in [0.4, 0.5) is 0 Å². The first-order valence-corrected chi connectivity index (χ1v) is 12.6. The lowest BCUT2D eigenvalue weighted by Crippen LogP contribution is -2.44. The van der Waals surface area contributed by atoms with Gasteiger partial charge in [-0.1, -0.05) is 75.8 Å². The molecule has 1 heterocycles. The molecule has 0 aliphatic carbocycles. The van der Waals surface area contributed by atoms with Crippen molar-refractivity contribution in [2.75, 3.05) is 21.3 Å². The third kappa shape index (κ3) is 6.53. The Morgan fingerprint density at radius 1 is 0.758 bits per heavy atom. The zero-order chi connectivity index (χ0) is 23.5. The van der Waals surface area contributed by atoms with E-state index < -0.39 is 5.97 Å². The van der Waals surface area contributed by atoms with Crippen molar-refractivity contribution in [3.63, 3.8) is 0 Å². The number of hydrogen-bond donors (Lipinski definition) is 0. The van der Waals surface area contributed by atoms with Gasteiger partial charge >= 0.3 is 0 Å². The highest BCUT2D eigenvalue weighted by Gasteiger charge is 2.39. The molecule has 0 bridgehead atoms. The van der Waals surface area contributed by atoms with Crippen LogP contribution in [-0.2, 0) is 20.6 Å². The number of benzene rings is 2. The van der Waals surface area contributed by atoms with Gasteiger partial charge in [0.25, 0.3) is 5.97 Å². The summed E-state index contributed by atoms with van der Waals surface area (Å²) in [6.07, 6.45) is 11.8. The molecule has 3 aromatic rings. The van der Waals surface area contributed by atoms with E-state index in [0.717, 1.165) is 36.7 Å². The van der Waals surface area contributed by atoms with E-state index >= 15 is 0 Å². The average molecular weight is 452 g/mol. The molecule has 4 nitrogen and oxygen atoms in total. The molecular weight excluding hydrogens is 410 g/mol. The van der Waals surface area contributed by atoms with Crippen molar-refractivity contribution in [2.24, 2.45) is 5.92 Å². The lowest BCUT2D eigenvalue weighted by atomic mass is 9.90. The minimum Gasteiger partial charge on any atom is -0.331 e. The summed E-state index contributed by atoms with van der Waals surface area (Å²) in [6, 6.07) is 17.1. The molecule has 1 aromatic heterocycles. The van der Waals surface area contributed by atoms with E-state index in [1.807, 2.05) is 6.07 Å². The average Bonchev–Trinajstić information content (AvgIpc) is 2.86. The van der Waals surface area contributed by atoms with Crippen LogP contribution in [0, 0.1) is 5.92 Å². The molecule has 0 aliphatic heterocycles. The SMILES string of the molecule is CCCCCCCCC(CCCc1cccc2nc3ccccc3cc12)C(OC)(OC)OC. The van der Waals surface area contributed by atoms with Gasteiger partial charge in [-0.25, -0.2) is 4.98 Å². The monoisotopic (exact) mass is 451 g/mol. The molecule has 0 radical (unpaired) electrons. The van der Waals surface area contributed by atoms with Gasteiger partial charge in [-0.15, -0.1) is 0 Å². The summed E-state index contributed by atoms with van der Waals surface area (Å²) in [6.45, 7) is 2.26. The number of aromatic nitrogens is 1. The molecule has 3 rings (SSSR count). The molecule has 0 spiro atoms. The van der Waals surface area contributed by atoms with Gasteiger partial charge in [0.2, 0.25) is 0 Å². The maximum absolute atomic E-state index is 5.76. The van der Waals surface area contributed by atoms with Crippen LogP contribution in [0.25, 0.3) is 21.8 Å². The number of nitrogens with zero attached hydrogens (tertiary/aromatic N) is 1. The number of rotatable bonds is 15. The van der Waals surface area contributed by atoms with Crippen molar-refractivity contribution in [2.45, 2.75) is 77.1 Å². The fourth-order valence-electron chi connectivity index (χ4n) is 5.04. The molecule has 33 heavy (non-hydrogen) atoms. The number of ether oxygens (including phenoxy) is 3. The molecule has 0 amide bonds. The Bertz CT molecular complexity index is 975. The van der Waals surface area contributed by atoms with Gasteiger partial charge in [0, 0.05) is 38.0 Å². The van der Waals surface area contributed by atoms with E-state index in [2.05, 4.69) is 49.4 Å². The summed E-state index contributed by atoms with van der Waals surface area (Å²) >= 11 is 0. The predicted octanol–water partition coefficient (Wildman–Crippen LogP) is 7.67. The molecule has 1 unspecified atom stereocenters.